The maximum atomic E-state index is 13.5. The molecule has 8 heteroatoms. The molecule has 1 aromatic heterocycles. The Hall–Kier alpha value is -3.68. The van der Waals surface area contributed by atoms with Crippen LogP contribution in [0.25, 0.3) is 10.9 Å². The normalized spacial score (nSPS) is 17.5. The van der Waals surface area contributed by atoms with Crippen molar-refractivity contribution in [2.24, 2.45) is 0 Å². The first-order chi connectivity index (χ1) is 19.4. The molecule has 40 heavy (non-hydrogen) atoms. The second-order valence-electron chi connectivity index (χ2n) is 10.8. The monoisotopic (exact) mass is 559 g/mol. The van der Waals surface area contributed by atoms with Gasteiger partial charge in [0.15, 0.2) is 0 Å². The lowest BCUT2D eigenvalue weighted by Gasteiger charge is -2.38. The van der Waals surface area contributed by atoms with Crippen LogP contribution < -0.4 is 10.1 Å². The van der Waals surface area contributed by atoms with Crippen molar-refractivity contribution < 1.29 is 18.7 Å². The number of carbonyl (C=O) groups excluding carboxylic acids is 1. The summed E-state index contributed by atoms with van der Waals surface area (Å²) in [5, 5.41) is 4.32. The Labute approximate surface area is 238 Å². The van der Waals surface area contributed by atoms with E-state index in [0.29, 0.717) is 13.2 Å². The number of carbonyl (C=O) groups is 1. The Bertz CT molecular complexity index is 1490. The molecule has 3 aromatic carbocycles. The van der Waals surface area contributed by atoms with Crippen molar-refractivity contribution in [3.8, 4) is 5.75 Å². The van der Waals surface area contributed by atoms with E-state index < -0.39 is 0 Å². The zero-order valence-electron chi connectivity index (χ0n) is 22.1. The van der Waals surface area contributed by atoms with E-state index in [1.165, 1.54) is 23.3 Å². The molecule has 0 aliphatic carbocycles. The molecule has 206 valence electrons. The first-order valence-corrected chi connectivity index (χ1v) is 14.0. The van der Waals surface area contributed by atoms with Gasteiger partial charge in [0.2, 0.25) is 0 Å². The predicted octanol–water partition coefficient (Wildman–Crippen LogP) is 6.51. The lowest BCUT2D eigenvalue weighted by molar-refractivity contribution is -0.000393. The summed E-state index contributed by atoms with van der Waals surface area (Å²) >= 11 is 6.13. The van der Waals surface area contributed by atoms with Crippen LogP contribution in [0.15, 0.2) is 78.9 Å². The van der Waals surface area contributed by atoms with Crippen LogP contribution in [0.5, 0.6) is 5.75 Å². The van der Waals surface area contributed by atoms with Crippen molar-refractivity contribution in [1.82, 2.24) is 15.2 Å². The fourth-order valence-corrected chi connectivity index (χ4v) is 5.77. The maximum Gasteiger partial charge on any atom is 0.407 e. The maximum absolute atomic E-state index is 13.5. The first kappa shape index (κ1) is 26.5. The van der Waals surface area contributed by atoms with Gasteiger partial charge in [-0.1, -0.05) is 41.9 Å². The number of nitrogens with zero attached hydrogens (tertiary/aromatic N) is 2. The van der Waals surface area contributed by atoms with Crippen LogP contribution in [-0.2, 0) is 17.8 Å². The number of benzene rings is 3. The minimum absolute atomic E-state index is 0.270. The molecular formula is C32H31ClFN3O3. The molecule has 2 aliphatic rings. The highest BCUT2D eigenvalue weighted by atomic mass is 35.5. The van der Waals surface area contributed by atoms with Gasteiger partial charge in [-0.2, -0.15) is 0 Å². The molecule has 4 aromatic rings. The van der Waals surface area contributed by atoms with Gasteiger partial charge < -0.3 is 19.7 Å². The number of pyridine rings is 1. The molecule has 6 rings (SSSR count). The topological polar surface area (TPSA) is 63.7 Å². The van der Waals surface area contributed by atoms with Gasteiger partial charge >= 0.3 is 6.09 Å². The number of aromatic nitrogens is 1. The van der Waals surface area contributed by atoms with Crippen LogP contribution in [-0.4, -0.2) is 47.8 Å². The van der Waals surface area contributed by atoms with Crippen molar-refractivity contribution in [2.75, 3.05) is 26.2 Å². The van der Waals surface area contributed by atoms with Gasteiger partial charge in [0.25, 0.3) is 0 Å². The van der Waals surface area contributed by atoms with E-state index in [9.17, 15) is 9.18 Å². The number of ether oxygens (including phenoxy) is 2. The average Bonchev–Trinajstić information content (AvgIpc) is 3.33. The summed E-state index contributed by atoms with van der Waals surface area (Å²) in [4.78, 5) is 18.7. The van der Waals surface area contributed by atoms with Crippen LogP contribution in [0.2, 0.25) is 5.02 Å². The standard InChI is InChI=1S/C32H31ClFN3O3/c33-26-6-1-22(2-7-26)17-25(19-37-15-13-32(14-16-37)21-35-31(38)40-32)23-4-10-29(11-5-23)39-20-28-9-3-24-18-27(34)8-12-30(24)36-28/h1-12,18,25H,13-17,19-21H2,(H,35,38). The Kier molecular flexibility index (Phi) is 7.59. The summed E-state index contributed by atoms with van der Waals surface area (Å²) in [6.07, 6.45) is 2.26. The Morgan fingerprint density at radius 1 is 1.02 bits per heavy atom. The van der Waals surface area contributed by atoms with E-state index in [1.807, 2.05) is 36.4 Å². The molecule has 2 aliphatic heterocycles. The summed E-state index contributed by atoms with van der Waals surface area (Å²) in [5.74, 6) is 0.773. The molecule has 1 unspecified atom stereocenters. The van der Waals surface area contributed by atoms with Gasteiger partial charge in [-0.15, -0.1) is 0 Å². The highest BCUT2D eigenvalue weighted by molar-refractivity contribution is 6.30. The third kappa shape index (κ3) is 6.21. The van der Waals surface area contributed by atoms with Crippen molar-refractivity contribution in [1.29, 1.82) is 0 Å². The van der Waals surface area contributed by atoms with E-state index in [1.54, 1.807) is 6.07 Å². The Morgan fingerprint density at radius 3 is 2.52 bits per heavy atom. The quantitative estimate of drug-likeness (QED) is 0.267. The molecule has 1 atom stereocenters. The number of hydrogen-bond acceptors (Lipinski definition) is 5. The number of likely N-dealkylation sites (tertiary alicyclic amines) is 1. The number of rotatable bonds is 8. The highest BCUT2D eigenvalue weighted by Gasteiger charge is 2.43. The van der Waals surface area contributed by atoms with Gasteiger partial charge in [0.05, 0.1) is 17.8 Å². The third-order valence-corrected chi connectivity index (χ3v) is 8.20. The van der Waals surface area contributed by atoms with E-state index in [-0.39, 0.29) is 23.4 Å². The first-order valence-electron chi connectivity index (χ1n) is 13.6. The summed E-state index contributed by atoms with van der Waals surface area (Å²) in [6.45, 7) is 3.61. The van der Waals surface area contributed by atoms with E-state index in [2.05, 4.69) is 39.5 Å². The minimum atomic E-state index is -0.353. The van der Waals surface area contributed by atoms with E-state index >= 15 is 0 Å². The van der Waals surface area contributed by atoms with Gasteiger partial charge in [0.1, 0.15) is 23.8 Å². The van der Waals surface area contributed by atoms with Crippen LogP contribution in [0.4, 0.5) is 9.18 Å². The largest absolute Gasteiger partial charge is 0.487 e. The number of hydrogen-bond donors (Lipinski definition) is 1. The zero-order valence-corrected chi connectivity index (χ0v) is 22.9. The van der Waals surface area contributed by atoms with Crippen LogP contribution >= 0.6 is 11.6 Å². The molecule has 3 heterocycles. The summed E-state index contributed by atoms with van der Waals surface area (Å²) in [6, 6.07) is 24.7. The molecule has 2 saturated heterocycles. The van der Waals surface area contributed by atoms with Gasteiger partial charge in [-0.3, -0.25) is 0 Å². The van der Waals surface area contributed by atoms with Crippen molar-refractivity contribution in [3.05, 3.63) is 107 Å². The van der Waals surface area contributed by atoms with Crippen molar-refractivity contribution in [2.45, 2.75) is 37.4 Å². The molecule has 0 bridgehead atoms. The third-order valence-electron chi connectivity index (χ3n) is 7.95. The van der Waals surface area contributed by atoms with Crippen LogP contribution in [0, 0.1) is 5.82 Å². The smallest absolute Gasteiger partial charge is 0.407 e. The molecule has 1 N–H and O–H groups in total. The zero-order chi connectivity index (χ0) is 27.5. The number of alkyl carbamates (subject to hydrolysis) is 1. The number of piperidine rings is 1. The van der Waals surface area contributed by atoms with Gasteiger partial charge in [-0.05, 0) is 66.1 Å². The van der Waals surface area contributed by atoms with Crippen LogP contribution in [0.1, 0.15) is 35.6 Å². The average molecular weight is 560 g/mol. The van der Waals surface area contributed by atoms with E-state index in [4.69, 9.17) is 21.1 Å². The molecule has 6 nitrogen and oxygen atoms in total. The molecular weight excluding hydrogens is 529 g/mol. The molecule has 1 spiro atoms. The highest BCUT2D eigenvalue weighted by Crippen LogP contribution is 2.32. The number of nitrogens with one attached hydrogen (secondary N) is 1. The lowest BCUT2D eigenvalue weighted by Crippen LogP contribution is -2.47. The van der Waals surface area contributed by atoms with Crippen molar-refractivity contribution in [3.63, 3.8) is 0 Å². The Balaban J connectivity index is 1.12. The van der Waals surface area contributed by atoms with Gasteiger partial charge in [-0.25, -0.2) is 14.2 Å². The lowest BCUT2D eigenvalue weighted by atomic mass is 9.88. The number of amides is 1. The number of halogens is 2. The molecule has 0 saturated carbocycles. The molecule has 0 radical (unpaired) electrons. The predicted molar refractivity (Wildman–Crippen MR) is 153 cm³/mol. The summed E-state index contributed by atoms with van der Waals surface area (Å²) < 4.78 is 25.1. The van der Waals surface area contributed by atoms with Crippen LogP contribution in [0.3, 0.4) is 0 Å². The summed E-state index contributed by atoms with van der Waals surface area (Å²) in [5.41, 5.74) is 3.65. The summed E-state index contributed by atoms with van der Waals surface area (Å²) in [7, 11) is 0. The molecule has 1 amide bonds. The SMILES string of the molecule is O=C1NCC2(CCN(CC(Cc3ccc(Cl)cc3)c3ccc(OCc4ccc5cc(F)ccc5n4)cc3)CC2)O1. The second-order valence-corrected chi connectivity index (χ2v) is 11.2. The Morgan fingerprint density at radius 2 is 1.80 bits per heavy atom. The van der Waals surface area contributed by atoms with E-state index in [0.717, 1.165) is 66.3 Å². The van der Waals surface area contributed by atoms with Crippen molar-refractivity contribution >= 4 is 28.6 Å². The fraction of sp³-hybridized carbons (Fsp3) is 0.312. The number of fused-ring (bicyclic) bond motifs is 1. The molecule has 2 fully saturated rings. The van der Waals surface area contributed by atoms with Gasteiger partial charge in [0, 0.05) is 48.8 Å². The fourth-order valence-electron chi connectivity index (χ4n) is 5.64. The minimum Gasteiger partial charge on any atom is -0.487 e. The second kappa shape index (κ2) is 11.4.